The normalized spacial score (nSPS) is 12.9. The maximum Gasteiger partial charge on any atom is 0.312 e. The van der Waals surface area contributed by atoms with E-state index in [-0.39, 0.29) is 17.9 Å². The maximum atomic E-state index is 11.6. The number of oxime groups is 1. The van der Waals surface area contributed by atoms with E-state index in [1.54, 1.807) is 45.0 Å². The van der Waals surface area contributed by atoms with Gasteiger partial charge in [0.1, 0.15) is 36.3 Å². The molecule has 0 saturated heterocycles. The van der Waals surface area contributed by atoms with Crippen molar-refractivity contribution in [1.82, 2.24) is 4.98 Å². The zero-order valence-electron chi connectivity index (χ0n) is 20.0. The van der Waals surface area contributed by atoms with Crippen LogP contribution in [0.25, 0.3) is 11.5 Å². The highest BCUT2D eigenvalue weighted by Crippen LogP contribution is 2.24. The summed E-state index contributed by atoms with van der Waals surface area (Å²) >= 11 is 0. The number of oxazole rings is 1. The molecule has 35 heavy (non-hydrogen) atoms. The Morgan fingerprint density at radius 2 is 1.80 bits per heavy atom. The number of nitrogens with zero attached hydrogens (tertiary/aromatic N) is 2. The van der Waals surface area contributed by atoms with Crippen molar-refractivity contribution in [2.75, 3.05) is 12.9 Å². The number of benzene rings is 2. The molecule has 0 saturated carbocycles. The highest BCUT2D eigenvalue weighted by Gasteiger charge is 2.22. The molecule has 10 heteroatoms. The molecule has 0 bridgehead atoms. The van der Waals surface area contributed by atoms with Crippen LogP contribution in [0.15, 0.2) is 63.0 Å². The molecule has 3 rings (SSSR count). The summed E-state index contributed by atoms with van der Waals surface area (Å²) in [7, 11) is -3.28. The molecule has 2 aromatic carbocycles. The Hall–Kier alpha value is -3.66. The van der Waals surface area contributed by atoms with E-state index in [4.69, 9.17) is 14.0 Å². The van der Waals surface area contributed by atoms with Crippen molar-refractivity contribution in [3.8, 4) is 17.2 Å². The molecule has 1 heterocycles. The van der Waals surface area contributed by atoms with Gasteiger partial charge in [-0.2, -0.15) is 0 Å². The minimum absolute atomic E-state index is 0.175. The van der Waals surface area contributed by atoms with Crippen molar-refractivity contribution >= 4 is 21.5 Å². The number of hydrogen-bond donors (Lipinski definition) is 1. The van der Waals surface area contributed by atoms with E-state index in [1.165, 1.54) is 12.1 Å². The molecule has 1 unspecified atom stereocenters. The fraction of sp³-hybridized carbons (Fsp3) is 0.320. The molecule has 0 spiro atoms. The van der Waals surface area contributed by atoms with Crippen LogP contribution in [0, 0.1) is 12.8 Å². The van der Waals surface area contributed by atoms with Crippen LogP contribution < -0.4 is 4.74 Å². The lowest BCUT2D eigenvalue weighted by molar-refractivity contribution is -0.139. The van der Waals surface area contributed by atoms with Gasteiger partial charge in [-0.15, -0.1) is 0 Å². The fourth-order valence-electron chi connectivity index (χ4n) is 3.28. The van der Waals surface area contributed by atoms with Gasteiger partial charge in [0.2, 0.25) is 5.89 Å². The lowest BCUT2D eigenvalue weighted by atomic mass is 9.95. The first-order valence-corrected chi connectivity index (χ1v) is 12.9. The predicted octanol–water partition coefficient (Wildman–Crippen LogP) is 4.29. The number of aromatic nitrogens is 1. The standard InChI is InChI=1S/C25H28N2O7S/c1-5-33-27-16(2)22(25(28)29)14-18-6-10-20(11-7-18)32-15-23-17(3)34-24(26-23)19-8-12-21(13-9-19)35(4,30)31/h6-13,22H,5,14-15H2,1-4H3,(H,28,29)/b27-16+. The van der Waals surface area contributed by atoms with Crippen molar-refractivity contribution in [1.29, 1.82) is 0 Å². The van der Waals surface area contributed by atoms with E-state index in [0.717, 1.165) is 11.8 Å². The average Bonchev–Trinajstić information content (AvgIpc) is 3.20. The van der Waals surface area contributed by atoms with Gasteiger partial charge in [-0.25, -0.2) is 13.4 Å². The molecule has 9 nitrogen and oxygen atoms in total. The molecule has 1 atom stereocenters. The Labute approximate surface area is 204 Å². The molecule has 0 amide bonds. The molecule has 1 aromatic heterocycles. The first-order chi connectivity index (χ1) is 16.6. The van der Waals surface area contributed by atoms with Crippen molar-refractivity contribution < 1.29 is 32.3 Å². The van der Waals surface area contributed by atoms with E-state index in [9.17, 15) is 18.3 Å². The number of rotatable bonds is 11. The Bertz CT molecular complexity index is 1290. The van der Waals surface area contributed by atoms with E-state index >= 15 is 0 Å². The van der Waals surface area contributed by atoms with Crippen LogP contribution in [-0.4, -0.2) is 43.1 Å². The van der Waals surface area contributed by atoms with Crippen LogP contribution in [0.3, 0.4) is 0 Å². The maximum absolute atomic E-state index is 11.6. The summed E-state index contributed by atoms with van der Waals surface area (Å²) in [5.41, 5.74) is 2.51. The van der Waals surface area contributed by atoms with Crippen molar-refractivity contribution in [2.24, 2.45) is 11.1 Å². The third kappa shape index (κ3) is 6.92. The van der Waals surface area contributed by atoms with Gasteiger partial charge in [0.05, 0.1) is 10.6 Å². The van der Waals surface area contributed by atoms with Crippen LogP contribution in [0.2, 0.25) is 0 Å². The number of sulfone groups is 1. The molecule has 0 fully saturated rings. The number of carboxylic acids is 1. The lowest BCUT2D eigenvalue weighted by Gasteiger charge is -2.12. The number of hydrogen-bond acceptors (Lipinski definition) is 8. The van der Waals surface area contributed by atoms with Crippen LogP contribution in [0.1, 0.15) is 30.9 Å². The molecule has 0 radical (unpaired) electrons. The van der Waals surface area contributed by atoms with Crippen molar-refractivity contribution in [3.63, 3.8) is 0 Å². The number of aryl methyl sites for hydroxylation is 1. The van der Waals surface area contributed by atoms with E-state index in [0.29, 0.717) is 41.0 Å². The fourth-order valence-corrected chi connectivity index (χ4v) is 3.91. The van der Waals surface area contributed by atoms with Gasteiger partial charge in [0.25, 0.3) is 0 Å². The quantitative estimate of drug-likeness (QED) is 0.305. The molecule has 0 aliphatic rings. The van der Waals surface area contributed by atoms with E-state index in [1.807, 2.05) is 12.1 Å². The summed E-state index contributed by atoms with van der Waals surface area (Å²) in [6.45, 7) is 5.75. The number of ether oxygens (including phenoxy) is 1. The van der Waals surface area contributed by atoms with Gasteiger partial charge in [-0.3, -0.25) is 4.79 Å². The van der Waals surface area contributed by atoms with Crippen LogP contribution in [0.5, 0.6) is 5.75 Å². The first-order valence-electron chi connectivity index (χ1n) is 11.0. The Kier molecular flexibility index (Phi) is 8.29. The van der Waals surface area contributed by atoms with Crippen LogP contribution in [0.4, 0.5) is 0 Å². The Balaban J connectivity index is 1.64. The number of carboxylic acid groups (broad SMARTS) is 1. The third-order valence-electron chi connectivity index (χ3n) is 5.30. The van der Waals surface area contributed by atoms with Gasteiger partial charge < -0.3 is 19.1 Å². The largest absolute Gasteiger partial charge is 0.487 e. The highest BCUT2D eigenvalue weighted by atomic mass is 32.2. The first kappa shape index (κ1) is 26.0. The number of carbonyl (C=O) groups is 1. The summed E-state index contributed by atoms with van der Waals surface area (Å²) in [5.74, 6) is -0.176. The molecular weight excluding hydrogens is 472 g/mol. The second kappa shape index (κ2) is 11.2. The summed E-state index contributed by atoms with van der Waals surface area (Å²) < 4.78 is 34.8. The highest BCUT2D eigenvalue weighted by molar-refractivity contribution is 7.90. The smallest absolute Gasteiger partial charge is 0.312 e. The average molecular weight is 501 g/mol. The molecule has 0 aliphatic heterocycles. The summed E-state index contributed by atoms with van der Waals surface area (Å²) in [6.07, 6.45) is 1.43. The van der Waals surface area contributed by atoms with Gasteiger partial charge in [0.15, 0.2) is 9.84 Å². The lowest BCUT2D eigenvalue weighted by Crippen LogP contribution is -2.24. The van der Waals surface area contributed by atoms with Gasteiger partial charge in [-0.05, 0) is 69.2 Å². The molecule has 186 valence electrons. The van der Waals surface area contributed by atoms with Crippen LogP contribution >= 0.6 is 0 Å². The summed E-state index contributed by atoms with van der Waals surface area (Å²) in [5, 5.41) is 13.4. The SMILES string of the molecule is CCO/N=C(\C)C(Cc1ccc(OCc2nc(-c3ccc(S(C)(=O)=O)cc3)oc2C)cc1)C(=O)O. The molecule has 3 aromatic rings. The van der Waals surface area contributed by atoms with Gasteiger partial charge in [-0.1, -0.05) is 17.3 Å². The zero-order valence-corrected chi connectivity index (χ0v) is 20.8. The third-order valence-corrected chi connectivity index (χ3v) is 6.43. The van der Waals surface area contributed by atoms with E-state index < -0.39 is 21.7 Å². The molecule has 0 aliphatic carbocycles. The summed E-state index contributed by atoms with van der Waals surface area (Å²) in [4.78, 5) is 21.3. The van der Waals surface area contributed by atoms with Gasteiger partial charge >= 0.3 is 5.97 Å². The van der Waals surface area contributed by atoms with Crippen LogP contribution in [-0.2, 0) is 32.5 Å². The second-order valence-corrected chi connectivity index (χ2v) is 10.0. The minimum Gasteiger partial charge on any atom is -0.487 e. The second-order valence-electron chi connectivity index (χ2n) is 8.00. The number of aliphatic carboxylic acids is 1. The zero-order chi connectivity index (χ0) is 25.6. The predicted molar refractivity (Wildman–Crippen MR) is 130 cm³/mol. The summed E-state index contributed by atoms with van der Waals surface area (Å²) in [6, 6.07) is 13.5. The Morgan fingerprint density at radius 1 is 1.14 bits per heavy atom. The van der Waals surface area contributed by atoms with Crippen molar-refractivity contribution in [2.45, 2.75) is 38.7 Å². The monoisotopic (exact) mass is 500 g/mol. The molecular formula is C25H28N2O7S. The topological polar surface area (TPSA) is 128 Å². The van der Waals surface area contributed by atoms with E-state index in [2.05, 4.69) is 10.1 Å². The Morgan fingerprint density at radius 3 is 2.37 bits per heavy atom. The molecule has 1 N–H and O–H groups in total. The minimum atomic E-state index is -3.28. The van der Waals surface area contributed by atoms with Crippen molar-refractivity contribution in [3.05, 3.63) is 65.5 Å². The van der Waals surface area contributed by atoms with Gasteiger partial charge in [0, 0.05) is 11.8 Å².